The van der Waals surface area contributed by atoms with Gasteiger partial charge in [-0.1, -0.05) is 19.1 Å². The molecule has 1 aromatic carbocycles. The summed E-state index contributed by atoms with van der Waals surface area (Å²) >= 11 is 0. The summed E-state index contributed by atoms with van der Waals surface area (Å²) in [6, 6.07) is 6.62. The van der Waals surface area contributed by atoms with E-state index in [0.29, 0.717) is 6.04 Å². The summed E-state index contributed by atoms with van der Waals surface area (Å²) in [6.07, 6.45) is 3.33. The molecule has 1 aliphatic rings. The van der Waals surface area contributed by atoms with Gasteiger partial charge in [0.25, 0.3) is 0 Å². The fourth-order valence-electron chi connectivity index (χ4n) is 3.36. The lowest BCUT2D eigenvalue weighted by atomic mass is 9.78. The third kappa shape index (κ3) is 2.77. The van der Waals surface area contributed by atoms with Crippen LogP contribution in [0.4, 0.5) is 0 Å². The molecule has 0 saturated heterocycles. The minimum Gasteiger partial charge on any atom is -0.496 e. The molecule has 106 valence electrons. The number of likely N-dealkylation sites (N-methyl/N-ethyl adjacent to an activating group) is 1. The van der Waals surface area contributed by atoms with E-state index in [1.165, 1.54) is 11.1 Å². The Balaban J connectivity index is 2.34. The molecule has 2 rings (SSSR count). The molecule has 1 aliphatic carbocycles. The predicted octanol–water partition coefficient (Wildman–Crippen LogP) is 2.43. The van der Waals surface area contributed by atoms with Gasteiger partial charge >= 0.3 is 0 Å². The van der Waals surface area contributed by atoms with Gasteiger partial charge in [0.15, 0.2) is 0 Å². The zero-order chi connectivity index (χ0) is 13.8. The first-order chi connectivity index (χ1) is 9.22. The molecule has 1 N–H and O–H groups in total. The maximum Gasteiger partial charge on any atom is 0.122 e. The number of ether oxygens (including phenoxy) is 1. The van der Waals surface area contributed by atoms with E-state index < -0.39 is 0 Å². The molecule has 3 nitrogen and oxygen atoms in total. The Morgan fingerprint density at radius 3 is 2.84 bits per heavy atom. The van der Waals surface area contributed by atoms with Gasteiger partial charge in [0.05, 0.1) is 13.7 Å². The van der Waals surface area contributed by atoms with Gasteiger partial charge in [-0.15, -0.1) is 0 Å². The Morgan fingerprint density at radius 1 is 1.42 bits per heavy atom. The zero-order valence-electron chi connectivity index (χ0n) is 12.2. The van der Waals surface area contributed by atoms with E-state index >= 15 is 0 Å². The molecule has 0 saturated carbocycles. The van der Waals surface area contributed by atoms with Gasteiger partial charge in [-0.3, -0.25) is 0 Å². The van der Waals surface area contributed by atoms with Crippen LogP contribution in [0, 0.1) is 0 Å². The summed E-state index contributed by atoms with van der Waals surface area (Å²) in [4.78, 5) is 2.39. The quantitative estimate of drug-likeness (QED) is 0.885. The molecular formula is C16H25NO2. The zero-order valence-corrected chi connectivity index (χ0v) is 12.2. The smallest absolute Gasteiger partial charge is 0.122 e. The summed E-state index contributed by atoms with van der Waals surface area (Å²) in [7, 11) is 3.88. The van der Waals surface area contributed by atoms with Gasteiger partial charge in [-0.25, -0.2) is 0 Å². The highest BCUT2D eigenvalue weighted by Gasteiger charge is 2.33. The minimum atomic E-state index is 0.163. The van der Waals surface area contributed by atoms with Crippen molar-refractivity contribution in [3.05, 3.63) is 29.3 Å². The molecule has 1 aromatic rings. The SMILES string of the molecule is CCCN(C)[C@@H]1CCc2cccc(OC)c2[C@@H]1CO. The maximum atomic E-state index is 9.86. The number of aliphatic hydroxyl groups is 1. The van der Waals surface area contributed by atoms with Crippen LogP contribution >= 0.6 is 0 Å². The van der Waals surface area contributed by atoms with Crippen LogP contribution in [0.5, 0.6) is 5.75 Å². The van der Waals surface area contributed by atoms with Crippen LogP contribution < -0.4 is 4.74 Å². The second-order valence-corrected chi connectivity index (χ2v) is 5.41. The first kappa shape index (κ1) is 14.4. The molecular weight excluding hydrogens is 238 g/mol. The van der Waals surface area contributed by atoms with Gasteiger partial charge < -0.3 is 14.7 Å². The van der Waals surface area contributed by atoms with E-state index in [-0.39, 0.29) is 12.5 Å². The molecule has 0 bridgehead atoms. The van der Waals surface area contributed by atoms with Crippen molar-refractivity contribution in [1.29, 1.82) is 0 Å². The summed E-state index contributed by atoms with van der Waals surface area (Å²) in [5.41, 5.74) is 2.55. The van der Waals surface area contributed by atoms with Crippen molar-refractivity contribution in [2.24, 2.45) is 0 Å². The van der Waals surface area contributed by atoms with Crippen LogP contribution in [0.15, 0.2) is 18.2 Å². The molecule has 0 unspecified atom stereocenters. The van der Waals surface area contributed by atoms with Crippen LogP contribution in [0.2, 0.25) is 0 Å². The molecule has 0 radical (unpaired) electrons. The van der Waals surface area contributed by atoms with Crippen molar-refractivity contribution in [2.75, 3.05) is 27.3 Å². The predicted molar refractivity (Wildman–Crippen MR) is 77.9 cm³/mol. The molecule has 3 heteroatoms. The second kappa shape index (κ2) is 6.40. The standard InChI is InChI=1S/C16H25NO2/c1-4-10-17(2)14-9-8-12-6-5-7-15(19-3)16(12)13(14)11-18/h5-7,13-14,18H,4,8-11H2,1-3H3/t13-,14-/m1/s1. The Kier molecular flexibility index (Phi) is 4.83. The number of aliphatic hydroxyl groups excluding tert-OH is 1. The van der Waals surface area contributed by atoms with E-state index in [1.807, 2.05) is 12.1 Å². The largest absolute Gasteiger partial charge is 0.496 e. The maximum absolute atomic E-state index is 9.86. The van der Waals surface area contributed by atoms with Gasteiger partial charge in [0.2, 0.25) is 0 Å². The molecule has 0 amide bonds. The van der Waals surface area contributed by atoms with E-state index in [4.69, 9.17) is 4.74 Å². The van der Waals surface area contributed by atoms with Crippen molar-refractivity contribution in [2.45, 2.75) is 38.1 Å². The number of rotatable bonds is 5. The Bertz CT molecular complexity index is 405. The van der Waals surface area contributed by atoms with Crippen LogP contribution in [0.3, 0.4) is 0 Å². The molecule has 2 atom stereocenters. The van der Waals surface area contributed by atoms with Crippen LogP contribution in [0.1, 0.15) is 36.8 Å². The summed E-state index contributed by atoms with van der Waals surface area (Å²) < 4.78 is 5.50. The number of hydrogen-bond acceptors (Lipinski definition) is 3. The number of benzene rings is 1. The number of hydrogen-bond donors (Lipinski definition) is 1. The van der Waals surface area contributed by atoms with Crippen LogP contribution in [0.25, 0.3) is 0 Å². The molecule has 19 heavy (non-hydrogen) atoms. The number of fused-ring (bicyclic) bond motifs is 1. The van der Waals surface area contributed by atoms with E-state index in [1.54, 1.807) is 7.11 Å². The van der Waals surface area contributed by atoms with Crippen molar-refractivity contribution < 1.29 is 9.84 Å². The van der Waals surface area contributed by atoms with Crippen molar-refractivity contribution in [1.82, 2.24) is 4.90 Å². The Labute approximate surface area is 116 Å². The first-order valence-electron chi connectivity index (χ1n) is 7.19. The third-order valence-electron chi connectivity index (χ3n) is 4.26. The number of methoxy groups -OCH3 is 1. The van der Waals surface area contributed by atoms with Crippen molar-refractivity contribution in [3.8, 4) is 5.75 Å². The van der Waals surface area contributed by atoms with Gasteiger partial charge in [0.1, 0.15) is 5.75 Å². The molecule has 0 fully saturated rings. The Morgan fingerprint density at radius 2 is 2.21 bits per heavy atom. The molecule has 0 aliphatic heterocycles. The highest BCUT2D eigenvalue weighted by atomic mass is 16.5. The lowest BCUT2D eigenvalue weighted by Gasteiger charge is -2.39. The number of nitrogens with zero attached hydrogens (tertiary/aromatic N) is 1. The monoisotopic (exact) mass is 263 g/mol. The van der Waals surface area contributed by atoms with Gasteiger partial charge in [-0.05, 0) is 44.5 Å². The summed E-state index contributed by atoms with van der Waals surface area (Å²) in [6.45, 7) is 3.46. The average molecular weight is 263 g/mol. The second-order valence-electron chi connectivity index (χ2n) is 5.41. The van der Waals surface area contributed by atoms with Crippen LogP contribution in [-0.2, 0) is 6.42 Å². The van der Waals surface area contributed by atoms with E-state index in [2.05, 4.69) is 24.9 Å². The average Bonchev–Trinajstić information content (AvgIpc) is 2.45. The summed E-state index contributed by atoms with van der Waals surface area (Å²) in [5, 5.41) is 9.86. The topological polar surface area (TPSA) is 32.7 Å². The molecule has 0 aromatic heterocycles. The highest BCUT2D eigenvalue weighted by molar-refractivity contribution is 5.45. The van der Waals surface area contributed by atoms with Gasteiger partial charge in [0, 0.05) is 17.5 Å². The number of aryl methyl sites for hydroxylation is 1. The lowest BCUT2D eigenvalue weighted by molar-refractivity contribution is 0.141. The first-order valence-corrected chi connectivity index (χ1v) is 7.19. The summed E-state index contributed by atoms with van der Waals surface area (Å²) in [5.74, 6) is 1.09. The third-order valence-corrected chi connectivity index (χ3v) is 4.26. The molecule has 0 heterocycles. The fraction of sp³-hybridized carbons (Fsp3) is 0.625. The van der Waals surface area contributed by atoms with E-state index in [0.717, 1.165) is 31.6 Å². The minimum absolute atomic E-state index is 0.163. The lowest BCUT2D eigenvalue weighted by Crippen LogP contribution is -2.41. The fourth-order valence-corrected chi connectivity index (χ4v) is 3.36. The highest BCUT2D eigenvalue weighted by Crippen LogP contribution is 2.39. The van der Waals surface area contributed by atoms with Crippen molar-refractivity contribution in [3.63, 3.8) is 0 Å². The van der Waals surface area contributed by atoms with Crippen LogP contribution in [-0.4, -0.2) is 43.4 Å². The van der Waals surface area contributed by atoms with E-state index in [9.17, 15) is 5.11 Å². The normalized spacial score (nSPS) is 22.4. The van der Waals surface area contributed by atoms with Crippen molar-refractivity contribution >= 4 is 0 Å². The Hall–Kier alpha value is -1.06. The molecule has 0 spiro atoms. The van der Waals surface area contributed by atoms with Gasteiger partial charge in [-0.2, -0.15) is 0 Å².